The van der Waals surface area contributed by atoms with Crippen LogP contribution >= 0.6 is 15.9 Å². The lowest BCUT2D eigenvalue weighted by atomic mass is 10.2. The van der Waals surface area contributed by atoms with Crippen LogP contribution in [0.1, 0.15) is 5.69 Å². The Hall–Kier alpha value is -1.83. The maximum absolute atomic E-state index is 13.6. The van der Waals surface area contributed by atoms with Gasteiger partial charge in [0.2, 0.25) is 0 Å². The van der Waals surface area contributed by atoms with Crippen molar-refractivity contribution < 1.29 is 17.6 Å². The Labute approximate surface area is 119 Å². The predicted molar refractivity (Wildman–Crippen MR) is 71.0 cm³/mol. The molecule has 0 unspecified atom stereocenters. The number of nitrogens with two attached hydrogens (primary N) is 1. The Morgan fingerprint density at radius 3 is 2.55 bits per heavy atom. The molecule has 0 saturated heterocycles. The lowest BCUT2D eigenvalue weighted by Gasteiger charge is -2.13. The first-order chi connectivity index (χ1) is 9.29. The second-order valence-corrected chi connectivity index (χ2v) is 4.73. The van der Waals surface area contributed by atoms with Crippen LogP contribution in [0.25, 0.3) is 0 Å². The standard InChI is InChI=1S/C12H8BrF4N3/c13-6-2-1-3-7(14)11(6)20-9-4-10(12(15,16)17)19-5-8(9)18/h1-5H,18H2,(H,19,20). The fourth-order valence-electron chi connectivity index (χ4n) is 1.48. The molecule has 0 fully saturated rings. The van der Waals surface area contributed by atoms with Gasteiger partial charge in [-0.25, -0.2) is 9.37 Å². The number of hydrogen-bond donors (Lipinski definition) is 2. The summed E-state index contributed by atoms with van der Waals surface area (Å²) in [5, 5.41) is 2.53. The highest BCUT2D eigenvalue weighted by atomic mass is 79.9. The average molecular weight is 350 g/mol. The molecule has 1 aromatic heterocycles. The van der Waals surface area contributed by atoms with Crippen molar-refractivity contribution >= 4 is 33.0 Å². The Kier molecular flexibility index (Phi) is 3.85. The van der Waals surface area contributed by atoms with E-state index in [-0.39, 0.29) is 17.1 Å². The molecule has 0 amide bonds. The summed E-state index contributed by atoms with van der Waals surface area (Å²) in [5.74, 6) is -0.621. The van der Waals surface area contributed by atoms with Crippen LogP contribution in [0, 0.1) is 5.82 Å². The van der Waals surface area contributed by atoms with Gasteiger partial charge < -0.3 is 11.1 Å². The number of para-hydroxylation sites is 1. The molecule has 0 saturated carbocycles. The molecule has 0 aliphatic carbocycles. The first-order valence-corrected chi connectivity index (χ1v) is 6.12. The SMILES string of the molecule is Nc1cnc(C(F)(F)F)cc1Nc1c(F)cccc1Br. The highest BCUT2D eigenvalue weighted by Gasteiger charge is 2.33. The van der Waals surface area contributed by atoms with E-state index >= 15 is 0 Å². The van der Waals surface area contributed by atoms with Gasteiger partial charge in [-0.2, -0.15) is 13.2 Å². The van der Waals surface area contributed by atoms with Gasteiger partial charge in [0.15, 0.2) is 0 Å². The fraction of sp³-hybridized carbons (Fsp3) is 0.0833. The number of nitrogens with one attached hydrogen (secondary N) is 1. The van der Waals surface area contributed by atoms with Crippen LogP contribution in [0.4, 0.5) is 34.6 Å². The van der Waals surface area contributed by atoms with Crippen molar-refractivity contribution in [3.05, 3.63) is 46.4 Å². The number of nitrogen functional groups attached to an aromatic ring is 1. The van der Waals surface area contributed by atoms with Crippen LogP contribution in [-0.4, -0.2) is 4.98 Å². The number of halogens is 5. The van der Waals surface area contributed by atoms with E-state index in [0.717, 1.165) is 12.3 Å². The number of anilines is 3. The summed E-state index contributed by atoms with van der Waals surface area (Å²) in [6.07, 6.45) is -3.73. The van der Waals surface area contributed by atoms with E-state index < -0.39 is 17.7 Å². The molecule has 0 atom stereocenters. The molecule has 0 radical (unpaired) electrons. The summed E-state index contributed by atoms with van der Waals surface area (Å²) in [6.45, 7) is 0. The van der Waals surface area contributed by atoms with E-state index in [2.05, 4.69) is 26.2 Å². The number of benzene rings is 1. The zero-order valence-corrected chi connectivity index (χ0v) is 11.4. The molecule has 3 nitrogen and oxygen atoms in total. The zero-order chi connectivity index (χ0) is 14.9. The monoisotopic (exact) mass is 349 g/mol. The van der Waals surface area contributed by atoms with Crippen LogP contribution in [-0.2, 0) is 6.18 Å². The molecule has 1 aromatic carbocycles. The predicted octanol–water partition coefficient (Wildman–Crippen LogP) is 4.33. The Morgan fingerprint density at radius 2 is 1.95 bits per heavy atom. The zero-order valence-electron chi connectivity index (χ0n) is 9.80. The molecule has 20 heavy (non-hydrogen) atoms. The van der Waals surface area contributed by atoms with Crippen molar-refractivity contribution in [2.75, 3.05) is 11.1 Å². The minimum atomic E-state index is -4.60. The number of pyridine rings is 1. The molecular formula is C12H8BrF4N3. The van der Waals surface area contributed by atoms with Crippen molar-refractivity contribution in [3.63, 3.8) is 0 Å². The van der Waals surface area contributed by atoms with E-state index in [4.69, 9.17) is 5.73 Å². The molecule has 0 aliphatic rings. The van der Waals surface area contributed by atoms with E-state index in [1.165, 1.54) is 12.1 Å². The van der Waals surface area contributed by atoms with Gasteiger partial charge in [0.05, 0.1) is 23.3 Å². The maximum Gasteiger partial charge on any atom is 0.433 e. The fourth-order valence-corrected chi connectivity index (χ4v) is 1.92. The smallest absolute Gasteiger partial charge is 0.396 e. The first kappa shape index (κ1) is 14.6. The Bertz CT molecular complexity index is 623. The lowest BCUT2D eigenvalue weighted by Crippen LogP contribution is -2.10. The van der Waals surface area contributed by atoms with Crippen LogP contribution in [0.15, 0.2) is 34.9 Å². The number of rotatable bonds is 2. The van der Waals surface area contributed by atoms with Crippen LogP contribution in [0.5, 0.6) is 0 Å². The molecule has 106 valence electrons. The summed E-state index contributed by atoms with van der Waals surface area (Å²) < 4.78 is 51.7. The number of alkyl halides is 3. The van der Waals surface area contributed by atoms with Gasteiger partial charge in [-0.3, -0.25) is 0 Å². The second-order valence-electron chi connectivity index (χ2n) is 3.88. The molecule has 2 aromatic rings. The van der Waals surface area contributed by atoms with Gasteiger partial charge in [0.25, 0.3) is 0 Å². The highest BCUT2D eigenvalue weighted by molar-refractivity contribution is 9.10. The van der Waals surface area contributed by atoms with Crippen molar-refractivity contribution in [2.24, 2.45) is 0 Å². The van der Waals surface area contributed by atoms with Crippen LogP contribution < -0.4 is 11.1 Å². The summed E-state index contributed by atoms with van der Waals surface area (Å²) >= 11 is 3.11. The summed E-state index contributed by atoms with van der Waals surface area (Å²) in [6, 6.07) is 4.92. The Morgan fingerprint density at radius 1 is 1.25 bits per heavy atom. The molecule has 0 aliphatic heterocycles. The highest BCUT2D eigenvalue weighted by Crippen LogP contribution is 2.34. The molecule has 8 heteroatoms. The van der Waals surface area contributed by atoms with Gasteiger partial charge in [0, 0.05) is 4.47 Å². The summed E-state index contributed by atoms with van der Waals surface area (Å²) in [7, 11) is 0. The average Bonchev–Trinajstić information content (AvgIpc) is 2.34. The molecule has 0 bridgehead atoms. The maximum atomic E-state index is 13.6. The minimum Gasteiger partial charge on any atom is -0.396 e. The number of aromatic nitrogens is 1. The number of hydrogen-bond acceptors (Lipinski definition) is 3. The first-order valence-electron chi connectivity index (χ1n) is 5.33. The molecule has 1 heterocycles. The lowest BCUT2D eigenvalue weighted by molar-refractivity contribution is -0.141. The largest absolute Gasteiger partial charge is 0.433 e. The number of nitrogens with zero attached hydrogens (tertiary/aromatic N) is 1. The van der Waals surface area contributed by atoms with Gasteiger partial charge in [0.1, 0.15) is 11.5 Å². The third-order valence-corrected chi connectivity index (χ3v) is 3.11. The van der Waals surface area contributed by atoms with Gasteiger partial charge in [-0.1, -0.05) is 6.07 Å². The third kappa shape index (κ3) is 3.01. The van der Waals surface area contributed by atoms with Crippen molar-refractivity contribution in [3.8, 4) is 0 Å². The van der Waals surface area contributed by atoms with Gasteiger partial charge in [-0.15, -0.1) is 0 Å². The van der Waals surface area contributed by atoms with Crippen LogP contribution in [0.2, 0.25) is 0 Å². The summed E-state index contributed by atoms with van der Waals surface area (Å²) in [4.78, 5) is 3.20. The van der Waals surface area contributed by atoms with E-state index in [9.17, 15) is 17.6 Å². The van der Waals surface area contributed by atoms with E-state index in [0.29, 0.717) is 4.47 Å². The topological polar surface area (TPSA) is 50.9 Å². The second kappa shape index (κ2) is 5.28. The van der Waals surface area contributed by atoms with Crippen molar-refractivity contribution in [2.45, 2.75) is 6.18 Å². The third-order valence-electron chi connectivity index (χ3n) is 2.45. The van der Waals surface area contributed by atoms with Crippen LogP contribution in [0.3, 0.4) is 0 Å². The van der Waals surface area contributed by atoms with Crippen molar-refractivity contribution in [1.29, 1.82) is 0 Å². The normalized spacial score (nSPS) is 11.4. The van der Waals surface area contributed by atoms with Gasteiger partial charge in [-0.05, 0) is 34.1 Å². The quantitative estimate of drug-likeness (QED) is 0.793. The molecular weight excluding hydrogens is 342 g/mol. The van der Waals surface area contributed by atoms with E-state index in [1.807, 2.05) is 0 Å². The molecule has 2 rings (SSSR count). The summed E-state index contributed by atoms with van der Waals surface area (Å²) in [5.41, 5.74) is 4.35. The van der Waals surface area contributed by atoms with Gasteiger partial charge >= 0.3 is 6.18 Å². The van der Waals surface area contributed by atoms with Crippen molar-refractivity contribution in [1.82, 2.24) is 4.98 Å². The minimum absolute atomic E-state index is 0.00137. The molecule has 3 N–H and O–H groups in total. The van der Waals surface area contributed by atoms with E-state index in [1.54, 1.807) is 6.07 Å². The molecule has 0 spiro atoms. The Balaban J connectivity index is 2.43.